The number of nitrogens with two attached hydrogens (primary N) is 1. The number of hydrogen-bond acceptors (Lipinski definition) is 4. The molecule has 0 saturated carbocycles. The molecule has 1 unspecified atom stereocenters. The van der Waals surface area contributed by atoms with Crippen LogP contribution in [0, 0.1) is 0 Å². The van der Waals surface area contributed by atoms with Crippen LogP contribution >= 0.6 is 11.8 Å². The second-order valence-electron chi connectivity index (χ2n) is 4.56. The van der Waals surface area contributed by atoms with Crippen molar-refractivity contribution in [3.8, 4) is 0 Å². The molecule has 5 heteroatoms. The number of hydrogen-bond donors (Lipinski definition) is 2. The number of primary amides is 1. The summed E-state index contributed by atoms with van der Waals surface area (Å²) in [6.07, 6.45) is 1.96. The van der Waals surface area contributed by atoms with Crippen LogP contribution in [0.3, 0.4) is 0 Å². The van der Waals surface area contributed by atoms with Crippen molar-refractivity contribution in [1.29, 1.82) is 0 Å². The second-order valence-corrected chi connectivity index (χ2v) is 5.66. The number of carbonyl (C=O) groups excluding carboxylic acids is 1. The van der Waals surface area contributed by atoms with Crippen molar-refractivity contribution in [1.82, 2.24) is 10.2 Å². The predicted molar refractivity (Wildman–Crippen MR) is 74.3 cm³/mol. The number of likely N-dealkylation sites (N-methyl/N-ethyl adjacent to an activating group) is 1. The van der Waals surface area contributed by atoms with Crippen LogP contribution in [0.25, 0.3) is 0 Å². The van der Waals surface area contributed by atoms with Crippen molar-refractivity contribution >= 4 is 17.7 Å². The predicted octanol–water partition coefficient (Wildman–Crippen LogP) is 0.669. The van der Waals surface area contributed by atoms with E-state index in [0.29, 0.717) is 0 Å². The largest absolute Gasteiger partial charge is 0.368 e. The summed E-state index contributed by atoms with van der Waals surface area (Å²) in [6, 6.07) is 0. The maximum Gasteiger partial charge on any atom is 0.238 e. The monoisotopic (exact) mass is 259 g/mol. The molecule has 1 aliphatic heterocycles. The average Bonchev–Trinajstić information content (AvgIpc) is 2.35. The number of amides is 1. The summed E-state index contributed by atoms with van der Waals surface area (Å²) in [7, 11) is 0. The van der Waals surface area contributed by atoms with Crippen molar-refractivity contribution in [3.63, 3.8) is 0 Å². The van der Waals surface area contributed by atoms with Crippen LogP contribution in [-0.4, -0.2) is 54.0 Å². The summed E-state index contributed by atoms with van der Waals surface area (Å²) in [5.41, 5.74) is 5.09. The Morgan fingerprint density at radius 2 is 2.18 bits per heavy atom. The van der Waals surface area contributed by atoms with Gasteiger partial charge in [-0.2, -0.15) is 11.8 Å². The molecule has 0 bridgehead atoms. The Morgan fingerprint density at radius 3 is 2.65 bits per heavy atom. The fourth-order valence-electron chi connectivity index (χ4n) is 2.21. The maximum absolute atomic E-state index is 11.6. The van der Waals surface area contributed by atoms with Gasteiger partial charge in [-0.15, -0.1) is 0 Å². The van der Waals surface area contributed by atoms with Gasteiger partial charge in [0.25, 0.3) is 0 Å². The molecule has 0 spiro atoms. The maximum atomic E-state index is 11.6. The zero-order chi connectivity index (χ0) is 12.7. The van der Waals surface area contributed by atoms with Crippen molar-refractivity contribution in [2.24, 2.45) is 5.73 Å². The molecule has 1 fully saturated rings. The Kier molecular flexibility index (Phi) is 6.30. The highest BCUT2D eigenvalue weighted by atomic mass is 32.2. The van der Waals surface area contributed by atoms with E-state index in [1.165, 1.54) is 0 Å². The summed E-state index contributed by atoms with van der Waals surface area (Å²) >= 11 is 1.82. The van der Waals surface area contributed by atoms with Crippen LogP contribution in [0.1, 0.15) is 26.7 Å². The van der Waals surface area contributed by atoms with E-state index in [9.17, 15) is 4.79 Å². The first-order chi connectivity index (χ1) is 8.14. The summed E-state index contributed by atoms with van der Waals surface area (Å²) in [5, 5.41) is 3.40. The number of thioether (sulfide) groups is 1. The lowest BCUT2D eigenvalue weighted by atomic mass is 9.94. The van der Waals surface area contributed by atoms with Gasteiger partial charge in [-0.25, -0.2) is 0 Å². The minimum Gasteiger partial charge on any atom is -0.368 e. The molecule has 1 atom stereocenters. The zero-order valence-corrected chi connectivity index (χ0v) is 11.8. The van der Waals surface area contributed by atoms with Crippen LogP contribution in [0.4, 0.5) is 0 Å². The van der Waals surface area contributed by atoms with Gasteiger partial charge in [0.05, 0.1) is 0 Å². The van der Waals surface area contributed by atoms with Crippen LogP contribution < -0.4 is 11.1 Å². The Morgan fingerprint density at radius 1 is 1.47 bits per heavy atom. The summed E-state index contributed by atoms with van der Waals surface area (Å²) in [4.78, 5) is 14.0. The smallest absolute Gasteiger partial charge is 0.238 e. The van der Waals surface area contributed by atoms with Crippen molar-refractivity contribution in [2.45, 2.75) is 32.2 Å². The van der Waals surface area contributed by atoms with Gasteiger partial charge in [0, 0.05) is 18.8 Å². The Balaban J connectivity index is 2.42. The molecule has 1 aliphatic rings. The quantitative estimate of drug-likeness (QED) is 0.705. The third kappa shape index (κ3) is 4.16. The third-order valence-corrected chi connectivity index (χ3v) is 4.77. The van der Waals surface area contributed by atoms with E-state index in [0.717, 1.165) is 50.5 Å². The molecular weight excluding hydrogens is 234 g/mol. The van der Waals surface area contributed by atoms with Gasteiger partial charge in [-0.05, 0) is 31.7 Å². The summed E-state index contributed by atoms with van der Waals surface area (Å²) in [6.45, 7) is 8.23. The average molecular weight is 259 g/mol. The van der Waals surface area contributed by atoms with E-state index in [2.05, 4.69) is 24.1 Å². The number of nitrogens with one attached hydrogen (secondary N) is 1. The van der Waals surface area contributed by atoms with Gasteiger partial charge in [0.2, 0.25) is 5.91 Å². The molecule has 0 aliphatic carbocycles. The fourth-order valence-corrected chi connectivity index (χ4v) is 3.44. The summed E-state index contributed by atoms with van der Waals surface area (Å²) in [5.74, 6) is 1.78. The molecule has 1 rings (SSSR count). The van der Waals surface area contributed by atoms with Gasteiger partial charge >= 0.3 is 0 Å². The van der Waals surface area contributed by atoms with Crippen LogP contribution in [-0.2, 0) is 4.79 Å². The molecular formula is C12H25N3OS. The highest BCUT2D eigenvalue weighted by Crippen LogP contribution is 2.26. The third-order valence-electron chi connectivity index (χ3n) is 3.50. The lowest BCUT2D eigenvalue weighted by molar-refractivity contribution is -0.124. The standard InChI is InChI=1S/C12H25N3OS/c1-3-15(4-2)8-7-14-12(11(13)16)6-5-9-17-10-12/h14H,3-10H2,1-2H3,(H2,13,16). The van der Waals surface area contributed by atoms with Crippen molar-refractivity contribution in [2.75, 3.05) is 37.7 Å². The van der Waals surface area contributed by atoms with E-state index >= 15 is 0 Å². The minimum atomic E-state index is -0.462. The lowest BCUT2D eigenvalue weighted by Gasteiger charge is -2.35. The molecule has 0 aromatic carbocycles. The van der Waals surface area contributed by atoms with Crippen molar-refractivity contribution in [3.05, 3.63) is 0 Å². The van der Waals surface area contributed by atoms with E-state index in [1.54, 1.807) is 0 Å². The number of nitrogens with zero attached hydrogens (tertiary/aromatic N) is 1. The Hall–Kier alpha value is -0.260. The SMILES string of the molecule is CCN(CC)CCNC1(C(N)=O)CCCSC1. The first-order valence-electron chi connectivity index (χ1n) is 6.49. The van der Waals surface area contributed by atoms with Gasteiger partial charge in [-0.1, -0.05) is 13.8 Å². The molecule has 100 valence electrons. The second kappa shape index (κ2) is 7.24. The van der Waals surface area contributed by atoms with Gasteiger partial charge < -0.3 is 16.0 Å². The highest BCUT2D eigenvalue weighted by Gasteiger charge is 2.37. The van der Waals surface area contributed by atoms with Gasteiger partial charge in [0.15, 0.2) is 0 Å². The van der Waals surface area contributed by atoms with E-state index < -0.39 is 5.54 Å². The van der Waals surface area contributed by atoms with Crippen LogP contribution in [0.2, 0.25) is 0 Å². The Labute approximate surface area is 109 Å². The van der Waals surface area contributed by atoms with Gasteiger partial charge in [0.1, 0.15) is 5.54 Å². The normalized spacial score (nSPS) is 25.1. The van der Waals surface area contributed by atoms with E-state index in [-0.39, 0.29) is 5.91 Å². The van der Waals surface area contributed by atoms with Crippen LogP contribution in [0.15, 0.2) is 0 Å². The topological polar surface area (TPSA) is 58.4 Å². The van der Waals surface area contributed by atoms with E-state index in [1.807, 2.05) is 11.8 Å². The summed E-state index contributed by atoms with van der Waals surface area (Å²) < 4.78 is 0. The molecule has 0 aromatic heterocycles. The molecule has 0 aromatic rings. The van der Waals surface area contributed by atoms with E-state index in [4.69, 9.17) is 5.73 Å². The fraction of sp³-hybridized carbons (Fsp3) is 0.917. The van der Waals surface area contributed by atoms with Crippen molar-refractivity contribution < 1.29 is 4.79 Å². The molecule has 17 heavy (non-hydrogen) atoms. The first kappa shape index (κ1) is 14.8. The molecule has 3 N–H and O–H groups in total. The van der Waals surface area contributed by atoms with Gasteiger partial charge in [-0.3, -0.25) is 4.79 Å². The van der Waals surface area contributed by atoms with Crippen LogP contribution in [0.5, 0.6) is 0 Å². The lowest BCUT2D eigenvalue weighted by Crippen LogP contribution is -2.59. The number of carbonyl (C=O) groups is 1. The molecule has 0 radical (unpaired) electrons. The molecule has 1 saturated heterocycles. The zero-order valence-electron chi connectivity index (χ0n) is 11.0. The molecule has 1 heterocycles. The first-order valence-corrected chi connectivity index (χ1v) is 7.65. The molecule has 4 nitrogen and oxygen atoms in total. The highest BCUT2D eigenvalue weighted by molar-refractivity contribution is 7.99. The minimum absolute atomic E-state index is 0.191. The number of rotatable bonds is 7. The molecule has 1 amide bonds. The Bertz CT molecular complexity index is 238.